The molecule has 0 aliphatic rings. The number of imidazole rings is 1. The molecule has 0 unspecified atom stereocenters. The Labute approximate surface area is 116 Å². The van der Waals surface area contributed by atoms with Gasteiger partial charge in [-0.1, -0.05) is 0 Å². The second-order valence-electron chi connectivity index (χ2n) is 4.74. The van der Waals surface area contributed by atoms with E-state index in [0.717, 1.165) is 16.9 Å². The van der Waals surface area contributed by atoms with Crippen molar-refractivity contribution in [2.75, 3.05) is 5.32 Å². The molecule has 100 valence electrons. The summed E-state index contributed by atoms with van der Waals surface area (Å²) in [6.07, 6.45) is 5.42. The summed E-state index contributed by atoms with van der Waals surface area (Å²) in [5.74, 6) is 0.362. The second-order valence-corrected chi connectivity index (χ2v) is 4.74. The van der Waals surface area contributed by atoms with Crippen LogP contribution in [-0.4, -0.2) is 20.3 Å². The highest BCUT2D eigenvalue weighted by Crippen LogP contribution is 2.11. The lowest BCUT2D eigenvalue weighted by Gasteiger charge is -2.05. The number of fused-ring (bicyclic) bond motifs is 1. The molecule has 3 aromatic heterocycles. The van der Waals surface area contributed by atoms with Crippen LogP contribution in [0.25, 0.3) is 5.65 Å². The standard InChI is InChI=1S/C15H14N4O/c1-10-3-5-16-13(7-10)18-15(20)12-4-6-19-9-11(2)17-14(19)8-12/h3-9H,1-2H3,(H,16,18,20). The van der Waals surface area contributed by atoms with Crippen LogP contribution >= 0.6 is 0 Å². The summed E-state index contributed by atoms with van der Waals surface area (Å²) in [4.78, 5) is 20.7. The number of carbonyl (C=O) groups is 1. The van der Waals surface area contributed by atoms with Gasteiger partial charge in [-0.3, -0.25) is 4.79 Å². The van der Waals surface area contributed by atoms with Crippen LogP contribution in [-0.2, 0) is 0 Å². The summed E-state index contributed by atoms with van der Waals surface area (Å²) >= 11 is 0. The quantitative estimate of drug-likeness (QED) is 0.775. The minimum absolute atomic E-state index is 0.189. The van der Waals surface area contributed by atoms with Crippen LogP contribution in [0, 0.1) is 13.8 Å². The third-order valence-electron chi connectivity index (χ3n) is 3.00. The molecule has 5 nitrogen and oxygen atoms in total. The zero-order chi connectivity index (χ0) is 14.1. The topological polar surface area (TPSA) is 59.3 Å². The number of rotatable bonds is 2. The van der Waals surface area contributed by atoms with E-state index in [9.17, 15) is 4.79 Å². The molecule has 5 heteroatoms. The Balaban J connectivity index is 1.88. The van der Waals surface area contributed by atoms with Gasteiger partial charge in [0.1, 0.15) is 11.5 Å². The van der Waals surface area contributed by atoms with E-state index in [-0.39, 0.29) is 5.91 Å². The maximum Gasteiger partial charge on any atom is 0.257 e. The number of nitrogens with one attached hydrogen (secondary N) is 1. The zero-order valence-electron chi connectivity index (χ0n) is 11.3. The number of aryl methyl sites for hydroxylation is 2. The first-order valence-electron chi connectivity index (χ1n) is 6.31. The molecule has 0 atom stereocenters. The van der Waals surface area contributed by atoms with E-state index in [4.69, 9.17) is 0 Å². The number of anilines is 1. The van der Waals surface area contributed by atoms with Crippen LogP contribution in [0.4, 0.5) is 5.82 Å². The fraction of sp³-hybridized carbons (Fsp3) is 0.133. The van der Waals surface area contributed by atoms with Gasteiger partial charge in [-0.05, 0) is 43.7 Å². The molecule has 0 bridgehead atoms. The van der Waals surface area contributed by atoms with E-state index >= 15 is 0 Å². The average Bonchev–Trinajstić information content (AvgIpc) is 2.77. The highest BCUT2D eigenvalue weighted by Gasteiger charge is 2.08. The van der Waals surface area contributed by atoms with Crippen LogP contribution in [0.2, 0.25) is 0 Å². The van der Waals surface area contributed by atoms with Gasteiger partial charge in [-0.25, -0.2) is 9.97 Å². The lowest BCUT2D eigenvalue weighted by Crippen LogP contribution is -2.13. The average molecular weight is 266 g/mol. The molecule has 0 aromatic carbocycles. The van der Waals surface area contributed by atoms with Crippen molar-refractivity contribution in [2.24, 2.45) is 0 Å². The Morgan fingerprint density at radius 3 is 2.90 bits per heavy atom. The third-order valence-corrected chi connectivity index (χ3v) is 3.00. The number of hydrogen-bond donors (Lipinski definition) is 1. The number of amides is 1. The van der Waals surface area contributed by atoms with E-state index < -0.39 is 0 Å². The van der Waals surface area contributed by atoms with Crippen LogP contribution in [0.3, 0.4) is 0 Å². The summed E-state index contributed by atoms with van der Waals surface area (Å²) in [6, 6.07) is 7.24. The molecular weight excluding hydrogens is 252 g/mol. The smallest absolute Gasteiger partial charge is 0.257 e. The molecule has 3 aromatic rings. The summed E-state index contributed by atoms with van der Waals surface area (Å²) in [5, 5.41) is 2.78. The molecule has 3 heterocycles. The predicted octanol–water partition coefficient (Wildman–Crippen LogP) is 2.60. The van der Waals surface area contributed by atoms with Crippen LogP contribution in [0.5, 0.6) is 0 Å². The molecule has 20 heavy (non-hydrogen) atoms. The highest BCUT2D eigenvalue weighted by atomic mass is 16.1. The first-order chi connectivity index (χ1) is 9.61. The van der Waals surface area contributed by atoms with Crippen molar-refractivity contribution in [3.8, 4) is 0 Å². The Kier molecular flexibility index (Phi) is 2.95. The van der Waals surface area contributed by atoms with Crippen molar-refractivity contribution in [2.45, 2.75) is 13.8 Å². The maximum atomic E-state index is 12.2. The second kappa shape index (κ2) is 4.77. The van der Waals surface area contributed by atoms with Crippen molar-refractivity contribution in [1.29, 1.82) is 0 Å². The summed E-state index contributed by atoms with van der Waals surface area (Å²) < 4.78 is 1.89. The molecule has 0 radical (unpaired) electrons. The fourth-order valence-corrected chi connectivity index (χ4v) is 2.04. The summed E-state index contributed by atoms with van der Waals surface area (Å²) in [6.45, 7) is 3.88. The van der Waals surface area contributed by atoms with Gasteiger partial charge in [-0.15, -0.1) is 0 Å². The fourth-order valence-electron chi connectivity index (χ4n) is 2.04. The first-order valence-corrected chi connectivity index (χ1v) is 6.31. The van der Waals surface area contributed by atoms with E-state index in [2.05, 4.69) is 15.3 Å². The van der Waals surface area contributed by atoms with E-state index in [1.54, 1.807) is 18.3 Å². The van der Waals surface area contributed by atoms with Gasteiger partial charge in [0, 0.05) is 24.2 Å². The van der Waals surface area contributed by atoms with E-state index in [1.807, 2.05) is 42.8 Å². The van der Waals surface area contributed by atoms with Gasteiger partial charge >= 0.3 is 0 Å². The van der Waals surface area contributed by atoms with Gasteiger partial charge in [0.2, 0.25) is 0 Å². The van der Waals surface area contributed by atoms with Crippen LogP contribution in [0.15, 0.2) is 42.9 Å². The lowest BCUT2D eigenvalue weighted by atomic mass is 10.2. The van der Waals surface area contributed by atoms with Crippen molar-refractivity contribution in [3.05, 3.63) is 59.7 Å². The van der Waals surface area contributed by atoms with Gasteiger partial charge in [0.15, 0.2) is 0 Å². The largest absolute Gasteiger partial charge is 0.307 e. The molecular formula is C15H14N4O. The number of nitrogens with zero attached hydrogens (tertiary/aromatic N) is 3. The highest BCUT2D eigenvalue weighted by molar-refractivity contribution is 6.04. The molecule has 0 spiro atoms. The first kappa shape index (κ1) is 12.3. The minimum Gasteiger partial charge on any atom is -0.307 e. The van der Waals surface area contributed by atoms with Gasteiger partial charge in [0.05, 0.1) is 5.69 Å². The predicted molar refractivity (Wildman–Crippen MR) is 76.9 cm³/mol. The van der Waals surface area contributed by atoms with Gasteiger partial charge in [0.25, 0.3) is 5.91 Å². The van der Waals surface area contributed by atoms with Crippen molar-refractivity contribution in [1.82, 2.24) is 14.4 Å². The van der Waals surface area contributed by atoms with Crippen molar-refractivity contribution < 1.29 is 4.79 Å². The van der Waals surface area contributed by atoms with Crippen molar-refractivity contribution in [3.63, 3.8) is 0 Å². The molecule has 3 rings (SSSR count). The Morgan fingerprint density at radius 2 is 2.10 bits per heavy atom. The van der Waals surface area contributed by atoms with Gasteiger partial charge in [-0.2, -0.15) is 0 Å². The normalized spacial score (nSPS) is 10.7. The summed E-state index contributed by atoms with van der Waals surface area (Å²) in [7, 11) is 0. The minimum atomic E-state index is -0.189. The zero-order valence-corrected chi connectivity index (χ0v) is 11.3. The lowest BCUT2D eigenvalue weighted by molar-refractivity contribution is 0.102. The molecule has 0 aliphatic heterocycles. The number of hydrogen-bond acceptors (Lipinski definition) is 3. The SMILES string of the molecule is Cc1ccnc(NC(=O)c2ccn3cc(C)nc3c2)c1. The maximum absolute atomic E-state index is 12.2. The van der Waals surface area contributed by atoms with Gasteiger partial charge < -0.3 is 9.72 Å². The van der Waals surface area contributed by atoms with E-state index in [1.165, 1.54) is 0 Å². The molecule has 1 N–H and O–H groups in total. The Morgan fingerprint density at radius 1 is 1.25 bits per heavy atom. The molecule has 1 amide bonds. The number of aromatic nitrogens is 3. The van der Waals surface area contributed by atoms with Crippen LogP contribution in [0.1, 0.15) is 21.6 Å². The molecule has 0 saturated heterocycles. The third kappa shape index (κ3) is 2.38. The number of carbonyl (C=O) groups excluding carboxylic acids is 1. The summed E-state index contributed by atoms with van der Waals surface area (Å²) in [5.41, 5.74) is 3.29. The molecule has 0 aliphatic carbocycles. The monoisotopic (exact) mass is 266 g/mol. The van der Waals surface area contributed by atoms with Crippen LogP contribution < -0.4 is 5.32 Å². The van der Waals surface area contributed by atoms with E-state index in [0.29, 0.717) is 11.4 Å². The Hall–Kier alpha value is -2.69. The Bertz CT molecular complexity index is 791. The number of pyridine rings is 2. The molecule has 0 fully saturated rings. The molecule has 0 saturated carbocycles. The van der Waals surface area contributed by atoms with Crippen molar-refractivity contribution >= 4 is 17.4 Å².